The van der Waals surface area contributed by atoms with Crippen molar-refractivity contribution in [2.75, 3.05) is 5.32 Å². The molecule has 2 heteroatoms. The van der Waals surface area contributed by atoms with E-state index in [1.165, 1.54) is 41.5 Å². The van der Waals surface area contributed by atoms with Gasteiger partial charge in [-0.05, 0) is 48.4 Å². The van der Waals surface area contributed by atoms with E-state index in [-0.39, 0.29) is 0 Å². The number of rotatable bonds is 6. The maximum Gasteiger partial charge on any atom is 0.0349 e. The molecule has 1 unspecified atom stereocenters. The van der Waals surface area contributed by atoms with Gasteiger partial charge in [0.25, 0.3) is 0 Å². The molecule has 2 aromatic rings. The first kappa shape index (κ1) is 12.4. The number of benzene rings is 1. The van der Waals surface area contributed by atoms with Crippen molar-refractivity contribution in [1.82, 2.24) is 0 Å². The summed E-state index contributed by atoms with van der Waals surface area (Å²) >= 11 is 1.80. The number of thiophene rings is 1. The molecule has 1 atom stereocenters. The van der Waals surface area contributed by atoms with Crippen molar-refractivity contribution < 1.29 is 0 Å². The molecule has 2 rings (SSSR count). The van der Waals surface area contributed by atoms with Crippen molar-refractivity contribution in [1.29, 1.82) is 0 Å². The van der Waals surface area contributed by atoms with Gasteiger partial charge in [-0.2, -0.15) is 0 Å². The van der Waals surface area contributed by atoms with Crippen LogP contribution in [0, 0.1) is 0 Å². The highest BCUT2D eigenvalue weighted by molar-refractivity contribution is 7.17. The van der Waals surface area contributed by atoms with Gasteiger partial charge in [0, 0.05) is 16.4 Å². The normalized spacial score (nSPS) is 12.8. The zero-order valence-electron chi connectivity index (χ0n) is 10.7. The first-order valence-corrected chi connectivity index (χ1v) is 7.41. The van der Waals surface area contributed by atoms with Crippen LogP contribution >= 0.6 is 11.3 Å². The van der Waals surface area contributed by atoms with Gasteiger partial charge in [0.2, 0.25) is 0 Å². The second kappa shape index (κ2) is 6.06. The van der Waals surface area contributed by atoms with Gasteiger partial charge in [-0.15, -0.1) is 11.3 Å². The Morgan fingerprint density at radius 1 is 1.24 bits per heavy atom. The predicted octanol–water partition coefficient (Wildman–Crippen LogP) is 5.28. The molecule has 17 heavy (non-hydrogen) atoms. The Morgan fingerprint density at radius 2 is 2.12 bits per heavy atom. The van der Waals surface area contributed by atoms with Crippen LogP contribution in [0.5, 0.6) is 0 Å². The van der Waals surface area contributed by atoms with Crippen LogP contribution in [-0.2, 0) is 0 Å². The summed E-state index contributed by atoms with van der Waals surface area (Å²) < 4.78 is 1.37. The fourth-order valence-electron chi connectivity index (χ4n) is 2.11. The summed E-state index contributed by atoms with van der Waals surface area (Å²) in [4.78, 5) is 0. The maximum absolute atomic E-state index is 3.59. The molecule has 0 fully saturated rings. The van der Waals surface area contributed by atoms with E-state index in [2.05, 4.69) is 48.8 Å². The van der Waals surface area contributed by atoms with Crippen LogP contribution < -0.4 is 5.32 Å². The molecule has 1 N–H and O–H groups in total. The molecule has 0 saturated heterocycles. The Labute approximate surface area is 108 Å². The van der Waals surface area contributed by atoms with Crippen molar-refractivity contribution in [2.45, 2.75) is 45.6 Å². The highest BCUT2D eigenvalue weighted by Gasteiger charge is 2.02. The highest BCUT2D eigenvalue weighted by Crippen LogP contribution is 2.24. The number of hydrogen-bond donors (Lipinski definition) is 1. The third-order valence-electron chi connectivity index (χ3n) is 3.11. The van der Waals surface area contributed by atoms with Crippen LogP contribution in [0.15, 0.2) is 29.6 Å². The largest absolute Gasteiger partial charge is 0.383 e. The molecule has 0 saturated carbocycles. The third kappa shape index (κ3) is 3.47. The van der Waals surface area contributed by atoms with Gasteiger partial charge in [0.1, 0.15) is 0 Å². The number of unbranched alkanes of at least 4 members (excludes halogenated alkanes) is 2. The zero-order chi connectivity index (χ0) is 12.1. The molecular formula is C15H21NS. The molecule has 1 aromatic heterocycles. The molecule has 92 valence electrons. The first-order chi connectivity index (χ1) is 8.29. The first-order valence-electron chi connectivity index (χ1n) is 6.53. The topological polar surface area (TPSA) is 12.0 Å². The smallest absolute Gasteiger partial charge is 0.0349 e. The Hall–Kier alpha value is -1.02. The van der Waals surface area contributed by atoms with Crippen molar-refractivity contribution >= 4 is 27.1 Å². The van der Waals surface area contributed by atoms with E-state index < -0.39 is 0 Å². The van der Waals surface area contributed by atoms with E-state index in [0.717, 1.165) is 0 Å². The molecule has 0 aliphatic carbocycles. The minimum absolute atomic E-state index is 0.567. The van der Waals surface area contributed by atoms with E-state index in [1.54, 1.807) is 11.3 Å². The van der Waals surface area contributed by atoms with Crippen LogP contribution in [0.25, 0.3) is 10.1 Å². The highest BCUT2D eigenvalue weighted by atomic mass is 32.1. The lowest BCUT2D eigenvalue weighted by Crippen LogP contribution is -2.14. The molecule has 0 aliphatic heterocycles. The second-order valence-corrected chi connectivity index (χ2v) is 5.66. The lowest BCUT2D eigenvalue weighted by atomic mass is 10.1. The molecule has 0 aliphatic rings. The molecule has 0 bridgehead atoms. The molecule has 0 amide bonds. The van der Waals surface area contributed by atoms with Crippen molar-refractivity contribution in [3.63, 3.8) is 0 Å². The van der Waals surface area contributed by atoms with Gasteiger partial charge in [-0.3, -0.25) is 0 Å². The predicted molar refractivity (Wildman–Crippen MR) is 79.1 cm³/mol. The van der Waals surface area contributed by atoms with E-state index in [0.29, 0.717) is 6.04 Å². The van der Waals surface area contributed by atoms with Crippen LogP contribution in [0.3, 0.4) is 0 Å². The maximum atomic E-state index is 3.59. The van der Waals surface area contributed by atoms with Crippen LogP contribution in [0.4, 0.5) is 5.69 Å². The summed E-state index contributed by atoms with van der Waals surface area (Å²) in [6.45, 7) is 4.52. The summed E-state index contributed by atoms with van der Waals surface area (Å²) in [5, 5.41) is 7.09. The minimum atomic E-state index is 0.567. The Bertz CT molecular complexity index is 461. The van der Waals surface area contributed by atoms with E-state index in [4.69, 9.17) is 0 Å². The average Bonchev–Trinajstić information content (AvgIpc) is 2.76. The SMILES string of the molecule is CCCCCC(C)Nc1ccc2sccc2c1. The molecule has 1 nitrogen and oxygen atoms in total. The number of anilines is 1. The number of nitrogens with one attached hydrogen (secondary N) is 1. The molecule has 0 radical (unpaired) electrons. The van der Waals surface area contributed by atoms with Crippen LogP contribution in [0.2, 0.25) is 0 Å². The van der Waals surface area contributed by atoms with Gasteiger partial charge >= 0.3 is 0 Å². The minimum Gasteiger partial charge on any atom is -0.383 e. The fourth-order valence-corrected chi connectivity index (χ4v) is 2.88. The molecule has 0 spiro atoms. The Kier molecular flexibility index (Phi) is 4.43. The lowest BCUT2D eigenvalue weighted by molar-refractivity contribution is 0.615. The van der Waals surface area contributed by atoms with E-state index in [9.17, 15) is 0 Å². The summed E-state index contributed by atoms with van der Waals surface area (Å²) in [5.74, 6) is 0. The molecule has 1 heterocycles. The van der Waals surface area contributed by atoms with Crippen molar-refractivity contribution in [2.24, 2.45) is 0 Å². The second-order valence-electron chi connectivity index (χ2n) is 4.71. The van der Waals surface area contributed by atoms with Gasteiger partial charge in [-0.1, -0.05) is 26.2 Å². The van der Waals surface area contributed by atoms with E-state index >= 15 is 0 Å². The summed E-state index contributed by atoms with van der Waals surface area (Å²) in [6.07, 6.45) is 5.23. The van der Waals surface area contributed by atoms with Crippen LogP contribution in [0.1, 0.15) is 39.5 Å². The molecular weight excluding hydrogens is 226 g/mol. The Morgan fingerprint density at radius 3 is 2.94 bits per heavy atom. The van der Waals surface area contributed by atoms with Gasteiger partial charge in [0.05, 0.1) is 0 Å². The van der Waals surface area contributed by atoms with Crippen molar-refractivity contribution in [3.8, 4) is 0 Å². The number of hydrogen-bond acceptors (Lipinski definition) is 2. The average molecular weight is 247 g/mol. The Balaban J connectivity index is 1.93. The number of fused-ring (bicyclic) bond motifs is 1. The summed E-state index contributed by atoms with van der Waals surface area (Å²) in [5.41, 5.74) is 1.25. The monoisotopic (exact) mass is 247 g/mol. The van der Waals surface area contributed by atoms with Crippen LogP contribution in [-0.4, -0.2) is 6.04 Å². The molecule has 1 aromatic carbocycles. The van der Waals surface area contributed by atoms with Gasteiger partial charge in [-0.25, -0.2) is 0 Å². The zero-order valence-corrected chi connectivity index (χ0v) is 11.5. The fraction of sp³-hybridized carbons (Fsp3) is 0.467. The van der Waals surface area contributed by atoms with E-state index in [1.807, 2.05) is 0 Å². The quantitative estimate of drug-likeness (QED) is 0.685. The summed E-state index contributed by atoms with van der Waals surface area (Å²) in [6, 6.07) is 9.41. The standard InChI is InChI=1S/C15H21NS/c1-3-4-5-6-12(2)16-14-7-8-15-13(11-14)9-10-17-15/h7-12,16H,3-6H2,1-2H3. The third-order valence-corrected chi connectivity index (χ3v) is 4.00. The van der Waals surface area contributed by atoms with Gasteiger partial charge < -0.3 is 5.32 Å². The van der Waals surface area contributed by atoms with Crippen molar-refractivity contribution in [3.05, 3.63) is 29.6 Å². The van der Waals surface area contributed by atoms with Gasteiger partial charge in [0.15, 0.2) is 0 Å². The lowest BCUT2D eigenvalue weighted by Gasteiger charge is -2.15. The summed E-state index contributed by atoms with van der Waals surface area (Å²) in [7, 11) is 0.